The van der Waals surface area contributed by atoms with Crippen molar-refractivity contribution in [1.82, 2.24) is 0 Å². The van der Waals surface area contributed by atoms with Crippen LogP contribution in [0.3, 0.4) is 0 Å². The highest BCUT2D eigenvalue weighted by Gasteiger charge is 2.48. The zero-order chi connectivity index (χ0) is 80.3. The molecule has 0 heteroatoms. The second-order valence-electron chi connectivity index (χ2n) is 39.7. The number of benzene rings is 16. The van der Waals surface area contributed by atoms with Crippen molar-refractivity contribution in [3.05, 3.63) is 367 Å². The molecule has 0 atom stereocenters. The fourth-order valence-corrected chi connectivity index (χ4v) is 24.4. The van der Waals surface area contributed by atoms with Crippen molar-refractivity contribution in [1.29, 1.82) is 0 Å². The van der Waals surface area contributed by atoms with Crippen molar-refractivity contribution >= 4 is 21.5 Å². The Bertz CT molecular complexity index is 6810. The predicted molar refractivity (Wildman–Crippen MR) is 496 cm³/mol. The van der Waals surface area contributed by atoms with Crippen molar-refractivity contribution in [2.75, 3.05) is 0 Å². The van der Waals surface area contributed by atoms with Gasteiger partial charge in [-0.1, -0.05) is 291 Å². The van der Waals surface area contributed by atoms with Gasteiger partial charge >= 0.3 is 0 Å². The van der Waals surface area contributed by atoms with Crippen molar-refractivity contribution in [2.45, 2.75) is 163 Å². The Balaban J connectivity index is 0.551. The molecule has 0 saturated carbocycles. The van der Waals surface area contributed by atoms with Crippen LogP contribution in [0.1, 0.15) is 197 Å². The van der Waals surface area contributed by atoms with Crippen LogP contribution < -0.4 is 0 Å². The average molecular weight is 1500 g/mol. The number of hydrogen-bond acceptors (Lipinski definition) is 0. The lowest BCUT2D eigenvalue weighted by Gasteiger charge is -2.25. The summed E-state index contributed by atoms with van der Waals surface area (Å²) in [4.78, 5) is 0. The first-order valence-corrected chi connectivity index (χ1v) is 42.8. The topological polar surface area (TPSA) is 0 Å². The lowest BCUT2D eigenvalue weighted by atomic mass is 9.78. The predicted octanol–water partition coefficient (Wildman–Crippen LogP) is 31.4. The summed E-state index contributed by atoms with van der Waals surface area (Å²) in [6.07, 6.45) is 0. The molecule has 0 unspecified atom stereocenters. The highest BCUT2D eigenvalue weighted by molar-refractivity contribution is 6.13. The highest BCUT2D eigenvalue weighted by Crippen LogP contribution is 2.64. The van der Waals surface area contributed by atoms with E-state index < -0.39 is 0 Å². The van der Waals surface area contributed by atoms with E-state index >= 15 is 0 Å². The summed E-state index contributed by atoms with van der Waals surface area (Å²) >= 11 is 0. The Morgan fingerprint density at radius 2 is 0.342 bits per heavy atom. The normalized spacial score (nSPS) is 16.6. The van der Waals surface area contributed by atoms with E-state index in [-0.39, 0.29) is 37.9 Å². The Morgan fingerprint density at radius 1 is 0.137 bits per heavy atom. The molecule has 0 spiro atoms. The summed E-state index contributed by atoms with van der Waals surface area (Å²) in [5.74, 6) is 0. The van der Waals surface area contributed by atoms with E-state index in [0.717, 1.165) is 0 Å². The van der Waals surface area contributed by atoms with Crippen LogP contribution in [0.5, 0.6) is 0 Å². The minimum Gasteiger partial charge on any atom is -0.0619 e. The third-order valence-corrected chi connectivity index (χ3v) is 30.7. The van der Waals surface area contributed by atoms with E-state index in [4.69, 9.17) is 0 Å². The van der Waals surface area contributed by atoms with E-state index in [1.54, 1.807) is 0 Å². The summed E-state index contributed by atoms with van der Waals surface area (Å²) in [6.45, 7) is 43.6. The number of aryl methyl sites for hydroxylation is 4. The molecule has 16 aromatic rings. The molecule has 0 radical (unpaired) electrons. The zero-order valence-corrected chi connectivity index (χ0v) is 70.9. The fraction of sp³-hybridized carbons (Fsp3) is 0.214. The fourth-order valence-electron chi connectivity index (χ4n) is 24.4. The first kappa shape index (κ1) is 70.4. The number of hydrogen-bond donors (Lipinski definition) is 0. The molecule has 0 amide bonds. The van der Waals surface area contributed by atoms with Crippen molar-refractivity contribution in [2.24, 2.45) is 0 Å². The Morgan fingerprint density at radius 3 is 0.641 bits per heavy atom. The SMILES string of the molecule is Cc1cc(-c2ccc3c(c2)C(C)(C)c2cc(-c4ccc5c(c4)C(C)(C)c4ccccc4-5)ccc2-3)cc(C)c1-c1cc2c(c3ccccc13)-c1cc3c(cc1C2(C)C)-c1cc2c(cc1C3(C)C)-c1c(cc(-c3c(C)cc(-c4ccc5c(c4)C(C)(C)c4cc(-c6ccc7c(c6)C(C)(C)c6ccccc6-7)ccc4-5)cc3C)c3ccccc13)C2(C)C. The van der Waals surface area contributed by atoms with Crippen LogP contribution in [-0.2, 0) is 37.9 Å². The van der Waals surface area contributed by atoms with Gasteiger partial charge in [-0.05, 0) is 367 Å². The zero-order valence-electron chi connectivity index (χ0n) is 70.9. The standard InChI is InChI=1S/C117H98/c1-63-47-73(71-39-45-83-81-43-37-69(53-97(81)113(9,10)99(83)55-71)67-35-41-79-77-29-23-25-33-93(77)111(5,6)95(79)51-67)48-64(2)107(63)89-59-105-109(85-31-21-19-27-75(85)89)91-61-101-87(57-103(91)116(105,15)16)88-58-104-92(62-102(88)115(101,13)14)110-86-32-22-20-28-76(86)90(60-106(110)117(104,17)18)108-65(3)49-74(50-66(108)4)72-40-46-84-82-44-38-70(54-98(82)114(11,12)100(84)56-72)68-36-42-80-78-30-24-26-34-94(78)112(7,8)96(80)52-68/h19-62H,1-18H3. The van der Waals surface area contributed by atoms with Gasteiger partial charge in [0, 0.05) is 37.9 Å². The Kier molecular flexibility index (Phi) is 14.0. The third-order valence-electron chi connectivity index (χ3n) is 30.7. The maximum absolute atomic E-state index is 2.64. The van der Waals surface area contributed by atoms with E-state index in [1.165, 1.54) is 266 Å². The maximum Gasteiger partial charge on any atom is 0.0159 e. The van der Waals surface area contributed by atoms with Gasteiger partial charge in [0.2, 0.25) is 0 Å². The number of rotatable bonds is 6. The molecule has 0 aliphatic heterocycles. The molecule has 16 aromatic carbocycles. The van der Waals surface area contributed by atoms with Crippen LogP contribution in [0, 0.1) is 27.7 Å². The molecule has 0 nitrogen and oxygen atoms in total. The summed E-state index contributed by atoms with van der Waals surface area (Å²) < 4.78 is 0. The molecule has 0 saturated heterocycles. The van der Waals surface area contributed by atoms with Gasteiger partial charge in [0.25, 0.3) is 0 Å². The minimum atomic E-state index is -0.268. The molecule has 117 heavy (non-hydrogen) atoms. The molecule has 0 N–H and O–H groups in total. The summed E-state index contributed by atoms with van der Waals surface area (Å²) in [7, 11) is 0. The van der Waals surface area contributed by atoms with E-state index in [1.807, 2.05) is 0 Å². The van der Waals surface area contributed by atoms with E-state index in [9.17, 15) is 0 Å². The molecular weight excluding hydrogens is 1410 g/mol. The smallest absolute Gasteiger partial charge is 0.0159 e. The quantitative estimate of drug-likeness (QED) is 0.156. The second kappa shape index (κ2) is 23.2. The van der Waals surface area contributed by atoms with Gasteiger partial charge in [0.05, 0.1) is 0 Å². The largest absolute Gasteiger partial charge is 0.0619 e. The molecule has 0 fully saturated rings. The van der Waals surface area contributed by atoms with E-state index in [0.29, 0.717) is 0 Å². The van der Waals surface area contributed by atoms with Gasteiger partial charge < -0.3 is 0 Å². The molecule has 566 valence electrons. The molecule has 0 heterocycles. The van der Waals surface area contributed by atoms with Gasteiger partial charge in [-0.2, -0.15) is 0 Å². The molecule has 0 bridgehead atoms. The van der Waals surface area contributed by atoms with Gasteiger partial charge in [0.15, 0.2) is 0 Å². The molecular formula is C117H98. The average Bonchev–Trinajstić information content (AvgIpc) is 1.52. The Hall–Kier alpha value is -12.0. The highest BCUT2D eigenvalue weighted by atomic mass is 14.5. The van der Waals surface area contributed by atoms with Crippen LogP contribution in [0.15, 0.2) is 267 Å². The lowest BCUT2D eigenvalue weighted by molar-refractivity contribution is 0.649. The third kappa shape index (κ3) is 9.26. The first-order chi connectivity index (χ1) is 55.9. The van der Waals surface area contributed by atoms with Gasteiger partial charge in [-0.15, -0.1) is 0 Å². The van der Waals surface area contributed by atoms with Crippen molar-refractivity contribution in [3.8, 4) is 145 Å². The van der Waals surface area contributed by atoms with Crippen LogP contribution in [-0.4, -0.2) is 0 Å². The van der Waals surface area contributed by atoms with E-state index in [2.05, 4.69) is 392 Å². The van der Waals surface area contributed by atoms with Crippen LogP contribution in [0.25, 0.3) is 166 Å². The molecule has 0 aromatic heterocycles. The number of fused-ring (bicyclic) bond motifs is 25. The first-order valence-electron chi connectivity index (χ1n) is 42.8. The van der Waals surface area contributed by atoms with Crippen LogP contribution >= 0.6 is 0 Å². The summed E-state index contributed by atoms with van der Waals surface area (Å²) in [5.41, 5.74) is 58.4. The van der Waals surface area contributed by atoms with Gasteiger partial charge in [-0.25, -0.2) is 0 Å². The van der Waals surface area contributed by atoms with Gasteiger partial charge in [-0.3, -0.25) is 0 Å². The lowest BCUT2D eigenvalue weighted by Crippen LogP contribution is -2.17. The molecule has 23 rings (SSSR count). The minimum absolute atomic E-state index is 0.0468. The molecule has 7 aliphatic carbocycles. The van der Waals surface area contributed by atoms with Crippen molar-refractivity contribution in [3.63, 3.8) is 0 Å². The van der Waals surface area contributed by atoms with Crippen LogP contribution in [0.2, 0.25) is 0 Å². The molecule has 7 aliphatic rings. The van der Waals surface area contributed by atoms with Crippen molar-refractivity contribution < 1.29 is 0 Å². The second-order valence-corrected chi connectivity index (χ2v) is 39.7. The maximum atomic E-state index is 2.64. The summed E-state index contributed by atoms with van der Waals surface area (Å²) in [5, 5.41) is 5.29. The van der Waals surface area contributed by atoms with Crippen LogP contribution in [0.4, 0.5) is 0 Å². The summed E-state index contributed by atoms with van der Waals surface area (Å²) in [6, 6.07) is 105. The Labute approximate surface area is 691 Å². The monoisotopic (exact) mass is 1500 g/mol. The van der Waals surface area contributed by atoms with Gasteiger partial charge in [0.1, 0.15) is 0 Å².